The van der Waals surface area contributed by atoms with Gasteiger partial charge in [0.15, 0.2) is 12.1 Å². The number of nitrogens with one attached hydrogen (secondary N) is 1. The summed E-state index contributed by atoms with van der Waals surface area (Å²) in [5.74, 6) is 0.819. The van der Waals surface area contributed by atoms with Gasteiger partial charge >= 0.3 is 6.03 Å². The van der Waals surface area contributed by atoms with Gasteiger partial charge in [-0.05, 0) is 43.0 Å². The first-order chi connectivity index (χ1) is 10.4. The number of fused-ring (bicyclic) bond motifs is 2. The Labute approximate surface area is 129 Å². The first-order valence-corrected chi connectivity index (χ1v) is 7.42. The average molecular weight is 300 g/mol. The Balaban J connectivity index is 2.21. The van der Waals surface area contributed by atoms with Crippen LogP contribution in [0.25, 0.3) is 0 Å². The molecule has 0 spiro atoms. The highest BCUT2D eigenvalue weighted by Crippen LogP contribution is 2.36. The molecule has 2 heterocycles. The fourth-order valence-corrected chi connectivity index (χ4v) is 2.69. The molecular formula is C16H20N4O2. The Hall–Kier alpha value is -2.21. The first kappa shape index (κ1) is 14.7. The molecule has 2 aliphatic heterocycles. The number of amides is 2. The highest BCUT2D eigenvalue weighted by Gasteiger charge is 2.35. The molecule has 6 heteroatoms. The van der Waals surface area contributed by atoms with Crippen molar-refractivity contribution in [3.8, 4) is 0 Å². The van der Waals surface area contributed by atoms with Crippen molar-refractivity contribution in [3.05, 3.63) is 23.3 Å². The van der Waals surface area contributed by atoms with E-state index in [4.69, 9.17) is 0 Å². The molecule has 1 aromatic rings. The molecule has 3 rings (SSSR count). The number of carbonyl (C=O) groups excluding carboxylic acids is 1. The summed E-state index contributed by atoms with van der Waals surface area (Å²) >= 11 is 0. The molecule has 2 aliphatic rings. The van der Waals surface area contributed by atoms with Crippen molar-refractivity contribution in [2.75, 3.05) is 11.4 Å². The van der Waals surface area contributed by atoms with Crippen molar-refractivity contribution in [1.29, 1.82) is 0 Å². The van der Waals surface area contributed by atoms with Crippen LogP contribution in [0.5, 0.6) is 0 Å². The lowest BCUT2D eigenvalue weighted by molar-refractivity contribution is 0.194. The summed E-state index contributed by atoms with van der Waals surface area (Å²) in [6, 6.07) is 3.53. The summed E-state index contributed by atoms with van der Waals surface area (Å²) in [4.78, 5) is 22.2. The zero-order chi connectivity index (χ0) is 16.0. The summed E-state index contributed by atoms with van der Waals surface area (Å²) in [6.45, 7) is 8.99. The van der Waals surface area contributed by atoms with E-state index in [0.29, 0.717) is 24.0 Å². The molecule has 116 valence electrons. The van der Waals surface area contributed by atoms with Crippen LogP contribution in [0.4, 0.5) is 16.2 Å². The van der Waals surface area contributed by atoms with Gasteiger partial charge in [0.25, 0.3) is 0 Å². The third-order valence-electron chi connectivity index (χ3n) is 3.88. The summed E-state index contributed by atoms with van der Waals surface area (Å²) < 4.78 is 0. The number of aryl methyl sites for hydroxylation is 2. The van der Waals surface area contributed by atoms with Crippen LogP contribution in [0.2, 0.25) is 0 Å². The molecule has 6 nitrogen and oxygen atoms in total. The molecule has 0 saturated carbocycles. The van der Waals surface area contributed by atoms with Crippen molar-refractivity contribution < 1.29 is 9.90 Å². The number of benzene rings is 1. The highest BCUT2D eigenvalue weighted by molar-refractivity contribution is 6.51. The Kier molecular flexibility index (Phi) is 3.48. The standard InChI is InChI=1S/C16H20N4O2/c1-8(2)7-20-12-6-10(4)9(3)5-11(12)17-13-14(20)18-16(22)19-15(13)21/h5-6,8,15,21H,7H2,1-4H3,(H,19,22). The number of nitrogens with zero attached hydrogens (tertiary/aromatic N) is 3. The second-order valence-electron chi connectivity index (χ2n) is 6.21. The predicted octanol–water partition coefficient (Wildman–Crippen LogP) is 2.29. The molecule has 0 bridgehead atoms. The fourth-order valence-electron chi connectivity index (χ4n) is 2.69. The molecule has 1 aromatic carbocycles. The summed E-state index contributed by atoms with van der Waals surface area (Å²) in [7, 11) is 0. The minimum Gasteiger partial charge on any atom is -0.368 e. The number of hydrogen-bond donors (Lipinski definition) is 2. The monoisotopic (exact) mass is 300 g/mol. The number of aliphatic hydroxyl groups excluding tert-OH is 1. The second kappa shape index (κ2) is 5.21. The molecule has 2 amide bonds. The molecule has 1 unspecified atom stereocenters. The maximum absolute atomic E-state index is 11.7. The lowest BCUT2D eigenvalue weighted by atomic mass is 10.0. The van der Waals surface area contributed by atoms with Crippen molar-refractivity contribution >= 4 is 29.0 Å². The zero-order valence-electron chi connectivity index (χ0n) is 13.2. The van der Waals surface area contributed by atoms with E-state index >= 15 is 0 Å². The molecule has 22 heavy (non-hydrogen) atoms. The van der Waals surface area contributed by atoms with Gasteiger partial charge in [-0.15, -0.1) is 0 Å². The van der Waals surface area contributed by atoms with Gasteiger partial charge in [0.1, 0.15) is 5.71 Å². The second-order valence-corrected chi connectivity index (χ2v) is 6.21. The summed E-state index contributed by atoms with van der Waals surface area (Å²) in [5.41, 5.74) is 4.43. The van der Waals surface area contributed by atoms with E-state index in [1.165, 1.54) is 0 Å². The molecule has 1 atom stereocenters. The molecule has 0 fully saturated rings. The summed E-state index contributed by atoms with van der Waals surface area (Å²) in [6.07, 6.45) is -1.12. The van der Waals surface area contributed by atoms with Gasteiger partial charge in [-0.25, -0.2) is 9.79 Å². The van der Waals surface area contributed by atoms with Crippen LogP contribution in [-0.2, 0) is 0 Å². The Morgan fingerprint density at radius 3 is 2.64 bits per heavy atom. The van der Waals surface area contributed by atoms with E-state index in [9.17, 15) is 9.90 Å². The van der Waals surface area contributed by atoms with Crippen LogP contribution in [0.1, 0.15) is 25.0 Å². The number of amidine groups is 1. The van der Waals surface area contributed by atoms with E-state index in [1.807, 2.05) is 24.8 Å². The lowest BCUT2D eigenvalue weighted by Crippen LogP contribution is -2.55. The van der Waals surface area contributed by atoms with E-state index in [-0.39, 0.29) is 0 Å². The van der Waals surface area contributed by atoms with E-state index in [0.717, 1.165) is 22.5 Å². The van der Waals surface area contributed by atoms with Crippen molar-refractivity contribution in [2.24, 2.45) is 15.9 Å². The largest absolute Gasteiger partial charge is 0.368 e. The van der Waals surface area contributed by atoms with Crippen LogP contribution < -0.4 is 10.2 Å². The first-order valence-electron chi connectivity index (χ1n) is 7.42. The molecule has 2 N–H and O–H groups in total. The zero-order valence-corrected chi connectivity index (χ0v) is 13.2. The predicted molar refractivity (Wildman–Crippen MR) is 87.2 cm³/mol. The maximum Gasteiger partial charge on any atom is 0.345 e. The Morgan fingerprint density at radius 2 is 1.95 bits per heavy atom. The number of aliphatic imine (C=N–C) groups is 2. The molecule has 0 aromatic heterocycles. The topological polar surface area (TPSA) is 77.3 Å². The number of aliphatic hydroxyl groups is 1. The van der Waals surface area contributed by atoms with E-state index in [1.54, 1.807) is 0 Å². The quantitative estimate of drug-likeness (QED) is 0.879. The van der Waals surface area contributed by atoms with Crippen molar-refractivity contribution in [3.63, 3.8) is 0 Å². The third-order valence-corrected chi connectivity index (χ3v) is 3.88. The maximum atomic E-state index is 11.7. The van der Waals surface area contributed by atoms with Crippen molar-refractivity contribution in [1.82, 2.24) is 5.32 Å². The lowest BCUT2D eigenvalue weighted by Gasteiger charge is -2.36. The molecule has 0 aliphatic carbocycles. The van der Waals surface area contributed by atoms with Gasteiger partial charge in [0.2, 0.25) is 0 Å². The van der Waals surface area contributed by atoms with Crippen LogP contribution in [-0.4, -0.2) is 35.5 Å². The number of anilines is 1. The van der Waals surface area contributed by atoms with Gasteiger partial charge in [0.05, 0.1) is 11.4 Å². The number of carbonyl (C=O) groups is 1. The van der Waals surface area contributed by atoms with Gasteiger partial charge < -0.3 is 15.3 Å². The van der Waals surface area contributed by atoms with E-state index in [2.05, 4.69) is 35.2 Å². The smallest absolute Gasteiger partial charge is 0.345 e. The summed E-state index contributed by atoms with van der Waals surface area (Å²) in [5, 5.41) is 12.5. The normalized spacial score (nSPS) is 20.2. The van der Waals surface area contributed by atoms with Gasteiger partial charge in [-0.3, -0.25) is 0 Å². The molecule has 0 radical (unpaired) electrons. The average Bonchev–Trinajstić information content (AvgIpc) is 2.41. The third kappa shape index (κ3) is 2.39. The van der Waals surface area contributed by atoms with Crippen molar-refractivity contribution in [2.45, 2.75) is 33.9 Å². The minimum atomic E-state index is -1.12. The Bertz CT molecular complexity index is 706. The van der Waals surface area contributed by atoms with Crippen LogP contribution in [0.3, 0.4) is 0 Å². The van der Waals surface area contributed by atoms with Crippen LogP contribution in [0, 0.1) is 19.8 Å². The van der Waals surface area contributed by atoms with Crippen LogP contribution in [0.15, 0.2) is 22.1 Å². The number of urea groups is 1. The SMILES string of the molecule is Cc1cc2c(cc1C)N(CC(C)C)C1=NC(=O)NC(O)C1=N2. The molecule has 0 saturated heterocycles. The van der Waals surface area contributed by atoms with E-state index < -0.39 is 12.3 Å². The van der Waals surface area contributed by atoms with Gasteiger partial charge in [-0.1, -0.05) is 13.8 Å². The van der Waals surface area contributed by atoms with Crippen LogP contribution >= 0.6 is 0 Å². The van der Waals surface area contributed by atoms with Gasteiger partial charge in [0, 0.05) is 6.54 Å². The number of hydrogen-bond acceptors (Lipinski definition) is 4. The fraction of sp³-hybridized carbons (Fsp3) is 0.438. The highest BCUT2D eigenvalue weighted by atomic mass is 16.3. The molecular weight excluding hydrogens is 280 g/mol. The Morgan fingerprint density at radius 1 is 1.27 bits per heavy atom. The minimum absolute atomic E-state index is 0.374. The van der Waals surface area contributed by atoms with Gasteiger partial charge in [-0.2, -0.15) is 4.99 Å². The number of rotatable bonds is 2.